The summed E-state index contributed by atoms with van der Waals surface area (Å²) in [5.74, 6) is 1.28. The van der Waals surface area contributed by atoms with Crippen LogP contribution in [0.15, 0.2) is 24.5 Å². The van der Waals surface area contributed by atoms with E-state index in [2.05, 4.69) is 10.9 Å². The molecule has 0 aliphatic heterocycles. The van der Waals surface area contributed by atoms with Gasteiger partial charge in [-0.1, -0.05) is 0 Å². The molecule has 1 heterocycles. The Morgan fingerprint density at radius 3 is 2.53 bits per heavy atom. The van der Waals surface area contributed by atoms with Crippen molar-refractivity contribution in [1.29, 1.82) is 0 Å². The maximum absolute atomic E-state index is 12.3. The lowest BCUT2D eigenvalue weighted by Gasteiger charge is -2.24. The van der Waals surface area contributed by atoms with Crippen molar-refractivity contribution >= 4 is 11.7 Å². The number of Topliss-reactive ketones (excluding diaryl/α,β-unsaturated/α-hetero) is 1. The number of hydrogen-bond donors (Lipinski definition) is 0. The van der Waals surface area contributed by atoms with Crippen LogP contribution in [0.1, 0.15) is 25.8 Å². The number of ketones is 1. The van der Waals surface area contributed by atoms with Gasteiger partial charge in [0.1, 0.15) is 11.7 Å². The van der Waals surface area contributed by atoms with Crippen LogP contribution < -0.4 is 0 Å². The molecule has 0 aliphatic carbocycles. The molecule has 1 rings (SSSR count). The molecule has 1 unspecified atom stereocenters. The normalized spacial score (nSPS) is 11.4. The van der Waals surface area contributed by atoms with Crippen LogP contribution in [-0.4, -0.2) is 28.1 Å². The Bertz CT molecular complexity index is 477. The first-order valence-corrected chi connectivity index (χ1v) is 6.21. The zero-order valence-corrected chi connectivity index (χ0v) is 11.3. The third-order valence-corrected chi connectivity index (χ3v) is 2.93. The van der Waals surface area contributed by atoms with Crippen molar-refractivity contribution in [2.45, 2.75) is 26.8 Å². The maximum Gasteiger partial charge on any atom is 0.234 e. The van der Waals surface area contributed by atoms with E-state index in [1.54, 1.807) is 17.3 Å². The largest absolute Gasteiger partial charge is 0.338 e. The van der Waals surface area contributed by atoms with Crippen molar-refractivity contribution in [2.75, 3.05) is 6.54 Å². The van der Waals surface area contributed by atoms with Crippen LogP contribution in [0, 0.1) is 18.3 Å². The predicted octanol–water partition coefficient (Wildman–Crippen LogP) is 1.66. The zero-order chi connectivity index (χ0) is 14.3. The fourth-order valence-electron chi connectivity index (χ4n) is 1.80. The Morgan fingerprint density at radius 2 is 2.05 bits per heavy atom. The van der Waals surface area contributed by atoms with Gasteiger partial charge in [0, 0.05) is 31.9 Å². The molecule has 19 heavy (non-hydrogen) atoms. The second-order valence-corrected chi connectivity index (χ2v) is 4.28. The minimum absolute atomic E-state index is 0.154. The standard InChI is InChI=1S/C15H18N2O2/c1-4-6-14(12(3)18)15(19)17(5-2)11-13-7-9-16-10-8-13/h1,7-10,14H,5-6,11H2,2-3H3. The molecule has 0 fully saturated rings. The molecule has 0 aromatic carbocycles. The number of carbonyl (C=O) groups is 2. The lowest BCUT2D eigenvalue weighted by atomic mass is 9.99. The number of pyridine rings is 1. The summed E-state index contributed by atoms with van der Waals surface area (Å²) in [5.41, 5.74) is 0.980. The van der Waals surface area contributed by atoms with Gasteiger partial charge in [0.25, 0.3) is 0 Å². The summed E-state index contributed by atoms with van der Waals surface area (Å²) in [6.45, 7) is 4.29. The minimum Gasteiger partial charge on any atom is -0.338 e. The van der Waals surface area contributed by atoms with Crippen molar-refractivity contribution in [3.05, 3.63) is 30.1 Å². The molecule has 1 aromatic rings. The molecular formula is C15H18N2O2. The third kappa shape index (κ3) is 4.22. The van der Waals surface area contributed by atoms with E-state index >= 15 is 0 Å². The van der Waals surface area contributed by atoms with Crippen molar-refractivity contribution in [2.24, 2.45) is 5.92 Å². The molecule has 0 bridgehead atoms. The first kappa shape index (κ1) is 14.9. The topological polar surface area (TPSA) is 50.3 Å². The number of amides is 1. The fourth-order valence-corrected chi connectivity index (χ4v) is 1.80. The molecule has 0 radical (unpaired) electrons. The van der Waals surface area contributed by atoms with Crippen LogP contribution in [0.25, 0.3) is 0 Å². The summed E-state index contributed by atoms with van der Waals surface area (Å²) >= 11 is 0. The van der Waals surface area contributed by atoms with E-state index < -0.39 is 5.92 Å². The summed E-state index contributed by atoms with van der Waals surface area (Å²) in [6.07, 6.45) is 8.73. The maximum atomic E-state index is 12.3. The third-order valence-electron chi connectivity index (χ3n) is 2.93. The molecule has 0 spiro atoms. The summed E-state index contributed by atoms with van der Waals surface area (Å²) in [5, 5.41) is 0. The van der Waals surface area contributed by atoms with E-state index in [0.717, 1.165) is 5.56 Å². The van der Waals surface area contributed by atoms with E-state index in [9.17, 15) is 9.59 Å². The smallest absolute Gasteiger partial charge is 0.234 e. The van der Waals surface area contributed by atoms with Crippen molar-refractivity contribution in [3.63, 3.8) is 0 Å². The first-order chi connectivity index (χ1) is 9.10. The molecule has 4 nitrogen and oxygen atoms in total. The van der Waals surface area contributed by atoms with E-state index in [1.165, 1.54) is 6.92 Å². The van der Waals surface area contributed by atoms with Gasteiger partial charge in [-0.05, 0) is 31.5 Å². The van der Waals surface area contributed by atoms with Gasteiger partial charge in [-0.2, -0.15) is 0 Å². The monoisotopic (exact) mass is 258 g/mol. The lowest BCUT2D eigenvalue weighted by Crippen LogP contribution is -2.38. The van der Waals surface area contributed by atoms with E-state index in [0.29, 0.717) is 13.1 Å². The quantitative estimate of drug-likeness (QED) is 0.576. The van der Waals surface area contributed by atoms with Gasteiger partial charge in [0.15, 0.2) is 0 Å². The van der Waals surface area contributed by atoms with Gasteiger partial charge < -0.3 is 4.90 Å². The second kappa shape index (κ2) is 7.32. The zero-order valence-electron chi connectivity index (χ0n) is 11.3. The summed E-state index contributed by atoms with van der Waals surface area (Å²) in [7, 11) is 0. The lowest BCUT2D eigenvalue weighted by molar-refractivity contribution is -0.140. The Labute approximate surface area is 113 Å². The number of terminal acetylenes is 1. The SMILES string of the molecule is C#CCC(C(C)=O)C(=O)N(CC)Cc1ccncc1. The number of hydrogen-bond acceptors (Lipinski definition) is 3. The Balaban J connectivity index is 2.81. The van der Waals surface area contributed by atoms with Crippen molar-refractivity contribution in [1.82, 2.24) is 9.88 Å². The number of rotatable bonds is 6. The van der Waals surface area contributed by atoms with Crippen molar-refractivity contribution in [3.8, 4) is 12.3 Å². The summed E-state index contributed by atoms with van der Waals surface area (Å²) in [4.78, 5) is 29.4. The Morgan fingerprint density at radius 1 is 1.42 bits per heavy atom. The molecule has 0 N–H and O–H groups in total. The first-order valence-electron chi connectivity index (χ1n) is 6.21. The highest BCUT2D eigenvalue weighted by molar-refractivity contribution is 6.00. The molecule has 1 amide bonds. The highest BCUT2D eigenvalue weighted by Gasteiger charge is 2.26. The van der Waals surface area contributed by atoms with Gasteiger partial charge >= 0.3 is 0 Å². The average Bonchev–Trinajstić information content (AvgIpc) is 2.42. The minimum atomic E-state index is -0.730. The van der Waals surface area contributed by atoms with Gasteiger partial charge in [0.05, 0.1) is 0 Å². The van der Waals surface area contributed by atoms with E-state index in [-0.39, 0.29) is 18.1 Å². The van der Waals surface area contributed by atoms with Crippen LogP contribution in [0.5, 0.6) is 0 Å². The van der Waals surface area contributed by atoms with Crippen LogP contribution in [0.3, 0.4) is 0 Å². The van der Waals surface area contributed by atoms with Crippen LogP contribution in [0.2, 0.25) is 0 Å². The highest BCUT2D eigenvalue weighted by Crippen LogP contribution is 2.12. The van der Waals surface area contributed by atoms with Gasteiger partial charge in [-0.25, -0.2) is 0 Å². The highest BCUT2D eigenvalue weighted by atomic mass is 16.2. The molecule has 0 aliphatic rings. The van der Waals surface area contributed by atoms with Crippen molar-refractivity contribution < 1.29 is 9.59 Å². The molecule has 100 valence electrons. The van der Waals surface area contributed by atoms with Crippen LogP contribution >= 0.6 is 0 Å². The molecule has 0 saturated carbocycles. The second-order valence-electron chi connectivity index (χ2n) is 4.28. The van der Waals surface area contributed by atoms with Gasteiger partial charge in [-0.15, -0.1) is 12.3 Å². The predicted molar refractivity (Wildman–Crippen MR) is 72.9 cm³/mol. The summed E-state index contributed by atoms with van der Waals surface area (Å²) in [6, 6.07) is 3.69. The van der Waals surface area contributed by atoms with Crippen LogP contribution in [0.4, 0.5) is 0 Å². The number of nitrogens with zero attached hydrogens (tertiary/aromatic N) is 2. The van der Waals surface area contributed by atoms with E-state index in [4.69, 9.17) is 6.42 Å². The van der Waals surface area contributed by atoms with Crippen LogP contribution in [-0.2, 0) is 16.1 Å². The molecule has 0 saturated heterocycles. The average molecular weight is 258 g/mol. The number of carbonyl (C=O) groups excluding carboxylic acids is 2. The van der Waals surface area contributed by atoms with Gasteiger partial charge in [-0.3, -0.25) is 14.6 Å². The number of aromatic nitrogens is 1. The van der Waals surface area contributed by atoms with E-state index in [1.807, 2.05) is 19.1 Å². The Hall–Kier alpha value is -2.15. The molecule has 4 heteroatoms. The Kier molecular flexibility index (Phi) is 5.74. The van der Waals surface area contributed by atoms with Gasteiger partial charge in [0.2, 0.25) is 5.91 Å². The fraction of sp³-hybridized carbons (Fsp3) is 0.400. The molecule has 1 aromatic heterocycles. The molecule has 1 atom stereocenters. The summed E-state index contributed by atoms with van der Waals surface area (Å²) < 4.78 is 0. The molecular weight excluding hydrogens is 240 g/mol.